The highest BCUT2D eigenvalue weighted by Crippen LogP contribution is 2.16. The third kappa shape index (κ3) is 4.59. The molecule has 0 bridgehead atoms. The molecule has 4 nitrogen and oxygen atoms in total. The number of nitrogens with zero attached hydrogens (tertiary/aromatic N) is 2. The zero-order valence-electron chi connectivity index (χ0n) is 14.1. The number of rotatable bonds is 5. The first-order valence-corrected chi connectivity index (χ1v) is 8.43. The molecule has 0 radical (unpaired) electrons. The maximum atomic E-state index is 11.7. The molecular formula is C20H24N2O2. The van der Waals surface area contributed by atoms with Gasteiger partial charge in [0.2, 0.25) is 5.91 Å². The maximum Gasteiger partial charge on any atom is 0.223 e. The van der Waals surface area contributed by atoms with Crippen molar-refractivity contribution in [3.05, 3.63) is 65.7 Å². The summed E-state index contributed by atoms with van der Waals surface area (Å²) in [6.45, 7) is 4.02. The number of carbonyl (C=O) groups is 1. The van der Waals surface area contributed by atoms with Crippen LogP contribution in [0.5, 0.6) is 5.75 Å². The normalized spacial score (nSPS) is 16.0. The molecule has 3 rings (SSSR count). The number of hydrogen-bond acceptors (Lipinski definition) is 3. The van der Waals surface area contributed by atoms with Crippen LogP contribution in [0.4, 0.5) is 0 Å². The van der Waals surface area contributed by atoms with Crippen LogP contribution in [0, 0.1) is 0 Å². The summed E-state index contributed by atoms with van der Waals surface area (Å²) in [5, 5.41) is 0. The molecule has 2 aromatic rings. The highest BCUT2D eigenvalue weighted by Gasteiger charge is 2.17. The summed E-state index contributed by atoms with van der Waals surface area (Å²) in [6, 6.07) is 18.4. The Morgan fingerprint density at radius 3 is 2.42 bits per heavy atom. The molecule has 4 heteroatoms. The summed E-state index contributed by atoms with van der Waals surface area (Å²) < 4.78 is 5.82. The Hall–Kier alpha value is -2.33. The molecule has 0 aromatic heterocycles. The minimum absolute atomic E-state index is 0.238. The molecule has 0 saturated carbocycles. The van der Waals surface area contributed by atoms with Crippen molar-refractivity contribution in [2.24, 2.45) is 0 Å². The van der Waals surface area contributed by atoms with Crippen molar-refractivity contribution in [3.8, 4) is 5.75 Å². The first kappa shape index (κ1) is 16.5. The second-order valence-electron chi connectivity index (χ2n) is 6.26. The van der Waals surface area contributed by atoms with Gasteiger partial charge in [0.15, 0.2) is 0 Å². The molecule has 0 N–H and O–H groups in total. The quantitative estimate of drug-likeness (QED) is 0.848. The van der Waals surface area contributed by atoms with E-state index >= 15 is 0 Å². The lowest BCUT2D eigenvalue weighted by molar-refractivity contribution is -0.129. The molecule has 0 spiro atoms. The van der Waals surface area contributed by atoms with Crippen molar-refractivity contribution in [3.63, 3.8) is 0 Å². The van der Waals surface area contributed by atoms with E-state index in [0.29, 0.717) is 13.0 Å². The lowest BCUT2D eigenvalue weighted by Crippen LogP contribution is -2.29. The number of ether oxygens (including phenoxy) is 1. The Morgan fingerprint density at radius 2 is 1.67 bits per heavy atom. The number of carbonyl (C=O) groups excluding carboxylic acids is 1. The van der Waals surface area contributed by atoms with Gasteiger partial charge in [0, 0.05) is 39.6 Å². The van der Waals surface area contributed by atoms with E-state index in [4.69, 9.17) is 4.74 Å². The lowest BCUT2D eigenvalue weighted by atomic mass is 10.2. The van der Waals surface area contributed by atoms with Crippen molar-refractivity contribution >= 4 is 5.91 Å². The van der Waals surface area contributed by atoms with E-state index in [2.05, 4.69) is 29.2 Å². The van der Waals surface area contributed by atoms with Gasteiger partial charge in [-0.25, -0.2) is 0 Å². The SMILES string of the molecule is CN1CCN(Cc2ccc(OCc3ccccc3)cc2)CCC1=O. The Balaban J connectivity index is 1.52. The van der Waals surface area contributed by atoms with Crippen LogP contribution < -0.4 is 4.74 Å². The molecular weight excluding hydrogens is 300 g/mol. The van der Waals surface area contributed by atoms with E-state index in [1.165, 1.54) is 11.1 Å². The molecule has 1 amide bonds. The first-order valence-electron chi connectivity index (χ1n) is 8.43. The predicted molar refractivity (Wildman–Crippen MR) is 94.7 cm³/mol. The van der Waals surface area contributed by atoms with E-state index in [0.717, 1.165) is 31.9 Å². The molecule has 1 aliphatic rings. The van der Waals surface area contributed by atoms with Crippen LogP contribution in [-0.2, 0) is 17.9 Å². The van der Waals surface area contributed by atoms with Crippen LogP contribution in [0.15, 0.2) is 54.6 Å². The minimum Gasteiger partial charge on any atom is -0.489 e. The van der Waals surface area contributed by atoms with Crippen LogP contribution in [-0.4, -0.2) is 42.4 Å². The average Bonchev–Trinajstić information content (AvgIpc) is 2.78. The van der Waals surface area contributed by atoms with Gasteiger partial charge in [0.25, 0.3) is 0 Å². The van der Waals surface area contributed by atoms with Crippen molar-refractivity contribution in [2.75, 3.05) is 26.7 Å². The molecule has 1 fully saturated rings. The second-order valence-corrected chi connectivity index (χ2v) is 6.26. The van der Waals surface area contributed by atoms with Gasteiger partial charge in [0.1, 0.15) is 12.4 Å². The van der Waals surface area contributed by atoms with Gasteiger partial charge in [-0.1, -0.05) is 42.5 Å². The molecule has 2 aromatic carbocycles. The lowest BCUT2D eigenvalue weighted by Gasteiger charge is -2.20. The molecule has 1 saturated heterocycles. The summed E-state index contributed by atoms with van der Waals surface area (Å²) in [6.07, 6.45) is 0.606. The Kier molecular flexibility index (Phi) is 5.49. The van der Waals surface area contributed by atoms with Gasteiger partial charge in [-0.05, 0) is 23.3 Å². The predicted octanol–water partition coefficient (Wildman–Crippen LogP) is 2.93. The average molecular weight is 324 g/mol. The van der Waals surface area contributed by atoms with Crippen molar-refractivity contribution in [1.82, 2.24) is 9.80 Å². The standard InChI is InChI=1S/C20H24N2O2/c1-21-13-14-22(12-11-20(21)23)15-17-7-9-19(10-8-17)24-16-18-5-3-2-4-6-18/h2-10H,11-16H2,1H3. The van der Waals surface area contributed by atoms with Gasteiger partial charge in [0.05, 0.1) is 0 Å². The summed E-state index contributed by atoms with van der Waals surface area (Å²) in [7, 11) is 1.88. The number of benzene rings is 2. The minimum atomic E-state index is 0.238. The fourth-order valence-electron chi connectivity index (χ4n) is 2.82. The third-order valence-corrected chi connectivity index (χ3v) is 4.40. The van der Waals surface area contributed by atoms with Crippen LogP contribution in [0.2, 0.25) is 0 Å². The largest absolute Gasteiger partial charge is 0.489 e. The molecule has 0 unspecified atom stereocenters. The number of hydrogen-bond donors (Lipinski definition) is 0. The fourth-order valence-corrected chi connectivity index (χ4v) is 2.82. The molecule has 126 valence electrons. The third-order valence-electron chi connectivity index (χ3n) is 4.40. The number of amides is 1. The van der Waals surface area contributed by atoms with E-state index in [1.54, 1.807) is 0 Å². The molecule has 1 aliphatic heterocycles. The molecule has 0 aliphatic carbocycles. The maximum absolute atomic E-state index is 11.7. The van der Waals surface area contributed by atoms with Crippen LogP contribution in [0.1, 0.15) is 17.5 Å². The van der Waals surface area contributed by atoms with Gasteiger partial charge in [-0.3, -0.25) is 9.69 Å². The van der Waals surface area contributed by atoms with Gasteiger partial charge in [-0.15, -0.1) is 0 Å². The zero-order valence-corrected chi connectivity index (χ0v) is 14.1. The first-order chi connectivity index (χ1) is 11.7. The van der Waals surface area contributed by atoms with E-state index in [-0.39, 0.29) is 5.91 Å². The van der Waals surface area contributed by atoms with Crippen molar-refractivity contribution in [2.45, 2.75) is 19.6 Å². The highest BCUT2D eigenvalue weighted by molar-refractivity contribution is 5.76. The van der Waals surface area contributed by atoms with E-state index in [1.807, 2.05) is 42.3 Å². The van der Waals surface area contributed by atoms with Crippen LogP contribution in [0.25, 0.3) is 0 Å². The van der Waals surface area contributed by atoms with Crippen LogP contribution in [0.3, 0.4) is 0 Å². The second kappa shape index (κ2) is 7.97. The van der Waals surface area contributed by atoms with Gasteiger partial charge in [-0.2, -0.15) is 0 Å². The summed E-state index contributed by atoms with van der Waals surface area (Å²) >= 11 is 0. The van der Waals surface area contributed by atoms with Crippen LogP contribution >= 0.6 is 0 Å². The van der Waals surface area contributed by atoms with Crippen molar-refractivity contribution < 1.29 is 9.53 Å². The fraction of sp³-hybridized carbons (Fsp3) is 0.350. The smallest absolute Gasteiger partial charge is 0.223 e. The van der Waals surface area contributed by atoms with Gasteiger partial charge < -0.3 is 9.64 Å². The molecule has 0 atom stereocenters. The Labute approximate surface area is 143 Å². The van der Waals surface area contributed by atoms with Crippen molar-refractivity contribution in [1.29, 1.82) is 0 Å². The Bertz CT molecular complexity index is 655. The number of likely N-dealkylation sites (N-methyl/N-ethyl adjacent to an activating group) is 1. The summed E-state index contributed by atoms with van der Waals surface area (Å²) in [4.78, 5) is 15.9. The summed E-state index contributed by atoms with van der Waals surface area (Å²) in [5.41, 5.74) is 2.42. The highest BCUT2D eigenvalue weighted by atomic mass is 16.5. The zero-order chi connectivity index (χ0) is 16.8. The molecule has 24 heavy (non-hydrogen) atoms. The Morgan fingerprint density at radius 1 is 0.917 bits per heavy atom. The monoisotopic (exact) mass is 324 g/mol. The van der Waals surface area contributed by atoms with E-state index in [9.17, 15) is 4.79 Å². The topological polar surface area (TPSA) is 32.8 Å². The van der Waals surface area contributed by atoms with E-state index < -0.39 is 0 Å². The molecule has 1 heterocycles. The van der Waals surface area contributed by atoms with Gasteiger partial charge >= 0.3 is 0 Å². The summed E-state index contributed by atoms with van der Waals surface area (Å²) in [5.74, 6) is 1.12.